The number of nitriles is 1. The Hall–Kier alpha value is -5.15. The zero-order valence-corrected chi connectivity index (χ0v) is 23.4. The average molecular weight is 592 g/mol. The highest BCUT2D eigenvalue weighted by atomic mass is 19.4. The number of hydrogen-bond acceptors (Lipinski definition) is 6. The van der Waals surface area contributed by atoms with Crippen molar-refractivity contribution < 1.29 is 32.6 Å². The summed E-state index contributed by atoms with van der Waals surface area (Å²) >= 11 is 0. The van der Waals surface area contributed by atoms with Crippen LogP contribution in [-0.2, 0) is 17.5 Å². The van der Waals surface area contributed by atoms with Gasteiger partial charge >= 0.3 is 12.3 Å². The van der Waals surface area contributed by atoms with E-state index in [0.717, 1.165) is 4.68 Å². The molecule has 3 aromatic carbocycles. The second-order valence-corrected chi connectivity index (χ2v) is 10.6. The Balaban J connectivity index is 1.60. The van der Waals surface area contributed by atoms with E-state index in [1.165, 1.54) is 30.3 Å². The van der Waals surface area contributed by atoms with Gasteiger partial charge in [-0.15, -0.1) is 0 Å². The summed E-state index contributed by atoms with van der Waals surface area (Å²) in [5.41, 5.74) is -0.259. The monoisotopic (exact) mass is 591 g/mol. The Labute approximate surface area is 245 Å². The van der Waals surface area contributed by atoms with Gasteiger partial charge in [0.05, 0.1) is 17.3 Å². The van der Waals surface area contributed by atoms with Crippen molar-refractivity contribution in [3.63, 3.8) is 0 Å². The number of anilines is 1. The zero-order chi connectivity index (χ0) is 31.4. The van der Waals surface area contributed by atoms with Crippen molar-refractivity contribution in [1.82, 2.24) is 15.1 Å². The first-order chi connectivity index (χ1) is 20.2. The standard InChI is InChI=1S/C31H28F3N5O4/c1-30(2,3)43-29(42)36-18-20-8-5-12-24(14-20)39-25(16-26(38-39)31(32,33)34)28(41)37-23-11-6-10-22(15-23)27(40)21-9-4-7-19(13-21)17-35/h4-16,27,40H,18H2,1-3H3,(H,36,42)(H,37,41). The third kappa shape index (κ3) is 7.99. The van der Waals surface area contributed by atoms with Gasteiger partial charge in [-0.05, 0) is 73.9 Å². The number of benzene rings is 3. The van der Waals surface area contributed by atoms with Crippen LogP contribution in [0.4, 0.5) is 23.7 Å². The molecule has 2 amide bonds. The van der Waals surface area contributed by atoms with E-state index in [1.807, 2.05) is 6.07 Å². The Morgan fingerprint density at radius 3 is 2.35 bits per heavy atom. The number of rotatable bonds is 7. The van der Waals surface area contributed by atoms with Crippen LogP contribution in [0, 0.1) is 11.3 Å². The number of alkyl halides is 3. The number of ether oxygens (including phenoxy) is 1. The van der Waals surface area contributed by atoms with Gasteiger partial charge in [-0.25, -0.2) is 9.48 Å². The highest BCUT2D eigenvalue weighted by Gasteiger charge is 2.36. The number of hydrogen-bond donors (Lipinski definition) is 3. The minimum atomic E-state index is -4.82. The Bertz CT molecular complexity index is 1690. The van der Waals surface area contributed by atoms with Gasteiger partial charge < -0.3 is 20.5 Å². The molecule has 1 unspecified atom stereocenters. The van der Waals surface area contributed by atoms with Gasteiger partial charge in [0, 0.05) is 18.3 Å². The van der Waals surface area contributed by atoms with Crippen molar-refractivity contribution in [3.05, 3.63) is 113 Å². The number of halogens is 3. The normalized spacial score (nSPS) is 12.2. The van der Waals surface area contributed by atoms with Crippen LogP contribution in [0.15, 0.2) is 78.9 Å². The van der Waals surface area contributed by atoms with Crippen LogP contribution in [0.2, 0.25) is 0 Å². The van der Waals surface area contributed by atoms with Gasteiger partial charge in [-0.2, -0.15) is 23.5 Å². The summed E-state index contributed by atoms with van der Waals surface area (Å²) in [5.74, 6) is -0.876. The van der Waals surface area contributed by atoms with Gasteiger partial charge in [-0.3, -0.25) is 4.79 Å². The van der Waals surface area contributed by atoms with E-state index >= 15 is 0 Å². The molecule has 1 heterocycles. The van der Waals surface area contributed by atoms with Crippen LogP contribution in [0.5, 0.6) is 0 Å². The lowest BCUT2D eigenvalue weighted by atomic mass is 9.99. The smallest absolute Gasteiger partial charge is 0.435 e. The lowest BCUT2D eigenvalue weighted by molar-refractivity contribution is -0.141. The molecule has 0 saturated carbocycles. The van der Waals surface area contributed by atoms with Crippen molar-refractivity contribution in [2.24, 2.45) is 0 Å². The van der Waals surface area contributed by atoms with Crippen LogP contribution in [0.25, 0.3) is 5.69 Å². The summed E-state index contributed by atoms with van der Waals surface area (Å²) < 4.78 is 47.0. The fourth-order valence-electron chi connectivity index (χ4n) is 4.12. The topological polar surface area (TPSA) is 129 Å². The quantitative estimate of drug-likeness (QED) is 0.237. The molecule has 1 aromatic heterocycles. The van der Waals surface area contributed by atoms with Gasteiger partial charge in [-0.1, -0.05) is 36.4 Å². The molecule has 4 rings (SSSR count). The SMILES string of the molecule is CC(C)(C)OC(=O)NCc1cccc(-n2nc(C(F)(F)F)cc2C(=O)Nc2cccc(C(O)c3cccc(C#N)c3)c2)c1. The van der Waals surface area contributed by atoms with E-state index in [2.05, 4.69) is 15.7 Å². The maximum absolute atomic E-state index is 13.7. The minimum Gasteiger partial charge on any atom is -0.444 e. The van der Waals surface area contributed by atoms with Crippen molar-refractivity contribution in [2.75, 3.05) is 5.32 Å². The number of nitrogens with one attached hydrogen (secondary N) is 2. The molecule has 1 atom stereocenters. The van der Waals surface area contributed by atoms with E-state index in [0.29, 0.717) is 28.3 Å². The van der Waals surface area contributed by atoms with E-state index in [4.69, 9.17) is 10.00 Å². The maximum atomic E-state index is 13.7. The Kier molecular flexibility index (Phi) is 8.87. The van der Waals surface area contributed by atoms with Crippen LogP contribution >= 0.6 is 0 Å². The second kappa shape index (κ2) is 12.4. The lowest BCUT2D eigenvalue weighted by Gasteiger charge is -2.19. The highest BCUT2D eigenvalue weighted by molar-refractivity contribution is 6.03. The van der Waals surface area contributed by atoms with E-state index in [9.17, 15) is 27.9 Å². The van der Waals surface area contributed by atoms with Gasteiger partial charge in [0.15, 0.2) is 5.69 Å². The van der Waals surface area contributed by atoms with Crippen molar-refractivity contribution in [1.29, 1.82) is 5.26 Å². The van der Waals surface area contributed by atoms with Crippen molar-refractivity contribution >= 4 is 17.7 Å². The molecular formula is C31H28F3N5O4. The van der Waals surface area contributed by atoms with Gasteiger partial charge in [0.1, 0.15) is 17.4 Å². The highest BCUT2D eigenvalue weighted by Crippen LogP contribution is 2.30. The molecule has 0 aliphatic carbocycles. The maximum Gasteiger partial charge on any atom is 0.435 e. The molecule has 0 aliphatic rings. The molecule has 12 heteroatoms. The molecule has 0 radical (unpaired) electrons. The number of carbonyl (C=O) groups excluding carboxylic acids is 2. The number of nitrogens with zero attached hydrogens (tertiary/aromatic N) is 3. The Morgan fingerprint density at radius 1 is 1.00 bits per heavy atom. The van der Waals surface area contributed by atoms with Crippen LogP contribution in [0.3, 0.4) is 0 Å². The van der Waals surface area contributed by atoms with E-state index in [-0.39, 0.29) is 17.9 Å². The zero-order valence-electron chi connectivity index (χ0n) is 23.4. The fraction of sp³-hybridized carbons (Fsp3) is 0.226. The number of aliphatic hydroxyl groups excluding tert-OH is 1. The average Bonchev–Trinajstić information content (AvgIpc) is 3.42. The summed E-state index contributed by atoms with van der Waals surface area (Å²) in [6, 6.07) is 21.4. The molecule has 0 fully saturated rings. The lowest BCUT2D eigenvalue weighted by Crippen LogP contribution is -2.32. The Morgan fingerprint density at radius 2 is 1.67 bits per heavy atom. The predicted octanol–water partition coefficient (Wildman–Crippen LogP) is 6.12. The number of amides is 2. The first-order valence-electron chi connectivity index (χ1n) is 13.1. The summed E-state index contributed by atoms with van der Waals surface area (Å²) in [5, 5.41) is 28.8. The predicted molar refractivity (Wildman–Crippen MR) is 151 cm³/mol. The molecule has 0 bridgehead atoms. The molecule has 3 N–H and O–H groups in total. The van der Waals surface area contributed by atoms with Crippen LogP contribution < -0.4 is 10.6 Å². The molecule has 0 aliphatic heterocycles. The fourth-order valence-corrected chi connectivity index (χ4v) is 4.12. The number of alkyl carbamates (subject to hydrolysis) is 1. The molecule has 43 heavy (non-hydrogen) atoms. The number of aromatic nitrogens is 2. The second-order valence-electron chi connectivity index (χ2n) is 10.6. The van der Waals surface area contributed by atoms with Gasteiger partial charge in [0.25, 0.3) is 5.91 Å². The third-order valence-electron chi connectivity index (χ3n) is 6.02. The molecule has 0 spiro atoms. The summed E-state index contributed by atoms with van der Waals surface area (Å²) in [6.07, 6.45) is -6.61. The molecule has 222 valence electrons. The number of aliphatic hydroxyl groups is 1. The first kappa shape index (κ1) is 30.8. The van der Waals surface area contributed by atoms with E-state index in [1.54, 1.807) is 63.2 Å². The summed E-state index contributed by atoms with van der Waals surface area (Å²) in [6.45, 7) is 5.15. The molecular weight excluding hydrogens is 563 g/mol. The van der Waals surface area contributed by atoms with Crippen LogP contribution in [-0.4, -0.2) is 32.5 Å². The number of carbonyl (C=O) groups is 2. The van der Waals surface area contributed by atoms with Crippen molar-refractivity contribution in [2.45, 2.75) is 45.2 Å². The van der Waals surface area contributed by atoms with Crippen LogP contribution in [0.1, 0.15) is 65.3 Å². The summed E-state index contributed by atoms with van der Waals surface area (Å²) in [7, 11) is 0. The molecule has 4 aromatic rings. The van der Waals surface area contributed by atoms with Crippen molar-refractivity contribution in [3.8, 4) is 11.8 Å². The third-order valence-corrected chi connectivity index (χ3v) is 6.02. The molecule has 0 saturated heterocycles. The van der Waals surface area contributed by atoms with E-state index < -0.39 is 41.3 Å². The summed E-state index contributed by atoms with van der Waals surface area (Å²) in [4.78, 5) is 25.3. The van der Waals surface area contributed by atoms with Gasteiger partial charge in [0.2, 0.25) is 0 Å². The minimum absolute atomic E-state index is 0.0179. The first-order valence-corrected chi connectivity index (χ1v) is 13.1. The molecule has 9 nitrogen and oxygen atoms in total. The largest absolute Gasteiger partial charge is 0.444 e.